The molecule has 1 aromatic rings. The van der Waals surface area contributed by atoms with E-state index in [1.165, 1.54) is 19.1 Å². The number of hydrogen-bond donors (Lipinski definition) is 1. The van der Waals surface area contributed by atoms with Crippen molar-refractivity contribution in [2.75, 3.05) is 14.2 Å². The molecule has 6 nitrogen and oxygen atoms in total. The Morgan fingerprint density at radius 1 is 1.40 bits per heavy atom. The van der Waals surface area contributed by atoms with E-state index in [2.05, 4.69) is 0 Å². The monoisotopic (exact) mass is 279 g/mol. The molecule has 1 heterocycles. The van der Waals surface area contributed by atoms with Gasteiger partial charge in [0.05, 0.1) is 20.8 Å². The van der Waals surface area contributed by atoms with Crippen molar-refractivity contribution in [1.82, 2.24) is 4.90 Å². The molecule has 2 rings (SSSR count). The highest BCUT2D eigenvalue weighted by Crippen LogP contribution is 2.33. The van der Waals surface area contributed by atoms with Gasteiger partial charge in [0.25, 0.3) is 0 Å². The van der Waals surface area contributed by atoms with Crippen LogP contribution in [0.25, 0.3) is 0 Å². The van der Waals surface area contributed by atoms with Crippen molar-refractivity contribution in [3.63, 3.8) is 0 Å². The third-order valence-electron chi connectivity index (χ3n) is 3.44. The van der Waals surface area contributed by atoms with Gasteiger partial charge in [-0.05, 0) is 12.5 Å². The van der Waals surface area contributed by atoms with Crippen molar-refractivity contribution in [2.24, 2.45) is 0 Å². The first-order valence-electron chi connectivity index (χ1n) is 6.30. The van der Waals surface area contributed by atoms with Crippen LogP contribution in [0.3, 0.4) is 0 Å². The number of likely N-dealkylation sites (tertiary alicyclic amines) is 1. The van der Waals surface area contributed by atoms with Crippen molar-refractivity contribution in [1.29, 1.82) is 0 Å². The number of ether oxygens (including phenoxy) is 2. The van der Waals surface area contributed by atoms with E-state index in [9.17, 15) is 9.59 Å². The molecule has 0 aliphatic carbocycles. The average Bonchev–Trinajstić information content (AvgIpc) is 2.80. The lowest BCUT2D eigenvalue weighted by molar-refractivity contribution is -0.146. The van der Waals surface area contributed by atoms with Crippen LogP contribution in [0, 0.1) is 0 Å². The molecule has 20 heavy (non-hydrogen) atoms. The largest absolute Gasteiger partial charge is 0.493 e. The van der Waals surface area contributed by atoms with Gasteiger partial charge in [-0.2, -0.15) is 0 Å². The van der Waals surface area contributed by atoms with Crippen molar-refractivity contribution in [3.8, 4) is 11.5 Å². The fourth-order valence-corrected chi connectivity index (χ4v) is 2.45. The summed E-state index contributed by atoms with van der Waals surface area (Å²) in [6.45, 7) is 0.205. The molecule has 1 aliphatic heterocycles. The Morgan fingerprint density at radius 2 is 2.15 bits per heavy atom. The number of nitrogens with zero attached hydrogens (tertiary/aromatic N) is 1. The molecule has 0 spiro atoms. The molecule has 1 atom stereocenters. The van der Waals surface area contributed by atoms with Gasteiger partial charge in [0.2, 0.25) is 5.91 Å². The summed E-state index contributed by atoms with van der Waals surface area (Å²) < 4.78 is 10.5. The van der Waals surface area contributed by atoms with Crippen molar-refractivity contribution in [3.05, 3.63) is 23.8 Å². The molecule has 0 saturated carbocycles. The predicted molar refractivity (Wildman–Crippen MR) is 70.8 cm³/mol. The van der Waals surface area contributed by atoms with Crippen LogP contribution < -0.4 is 9.47 Å². The zero-order valence-electron chi connectivity index (χ0n) is 11.5. The van der Waals surface area contributed by atoms with Crippen LogP contribution in [0.4, 0.5) is 0 Å². The van der Waals surface area contributed by atoms with E-state index in [0.717, 1.165) is 5.56 Å². The van der Waals surface area contributed by atoms with Crippen LogP contribution in [-0.2, 0) is 16.1 Å². The second-order valence-electron chi connectivity index (χ2n) is 4.57. The first kappa shape index (κ1) is 14.2. The number of carboxylic acid groups (broad SMARTS) is 1. The van der Waals surface area contributed by atoms with Gasteiger partial charge in [0, 0.05) is 12.0 Å². The molecule has 1 amide bonds. The van der Waals surface area contributed by atoms with Gasteiger partial charge in [-0.1, -0.05) is 12.1 Å². The number of hydrogen-bond acceptors (Lipinski definition) is 4. The van der Waals surface area contributed by atoms with E-state index in [4.69, 9.17) is 14.6 Å². The minimum atomic E-state index is -0.974. The summed E-state index contributed by atoms with van der Waals surface area (Å²) >= 11 is 0. The Bertz CT molecular complexity index is 528. The number of para-hydroxylation sites is 1. The maximum atomic E-state index is 11.8. The second kappa shape index (κ2) is 5.81. The Morgan fingerprint density at radius 3 is 2.75 bits per heavy atom. The minimum Gasteiger partial charge on any atom is -0.493 e. The third-order valence-corrected chi connectivity index (χ3v) is 3.44. The molecule has 1 saturated heterocycles. The minimum absolute atomic E-state index is 0.151. The summed E-state index contributed by atoms with van der Waals surface area (Å²) in [5.74, 6) is -0.0395. The molecule has 1 N–H and O–H groups in total. The first-order chi connectivity index (χ1) is 9.58. The number of rotatable bonds is 5. The Labute approximate surface area is 116 Å². The number of carbonyl (C=O) groups is 2. The lowest BCUT2D eigenvalue weighted by atomic mass is 10.1. The molecule has 1 fully saturated rings. The summed E-state index contributed by atoms with van der Waals surface area (Å²) in [5.41, 5.74) is 0.730. The highest BCUT2D eigenvalue weighted by Gasteiger charge is 2.36. The lowest BCUT2D eigenvalue weighted by Crippen LogP contribution is -2.38. The molecule has 0 bridgehead atoms. The molecule has 1 aliphatic rings. The fraction of sp³-hybridized carbons (Fsp3) is 0.429. The topological polar surface area (TPSA) is 76.1 Å². The van der Waals surface area contributed by atoms with Gasteiger partial charge in [-0.3, -0.25) is 4.79 Å². The maximum Gasteiger partial charge on any atom is 0.326 e. The van der Waals surface area contributed by atoms with Crippen LogP contribution in [0.15, 0.2) is 18.2 Å². The summed E-state index contributed by atoms with van der Waals surface area (Å²) in [5, 5.41) is 9.16. The number of amides is 1. The normalized spacial score (nSPS) is 18.2. The quantitative estimate of drug-likeness (QED) is 0.878. The highest BCUT2D eigenvalue weighted by atomic mass is 16.5. The molecule has 0 radical (unpaired) electrons. The highest BCUT2D eigenvalue weighted by molar-refractivity contribution is 5.87. The van der Waals surface area contributed by atoms with Gasteiger partial charge in [0.15, 0.2) is 11.5 Å². The second-order valence-corrected chi connectivity index (χ2v) is 4.57. The van der Waals surface area contributed by atoms with E-state index in [1.54, 1.807) is 18.2 Å². The molecule has 0 unspecified atom stereocenters. The van der Waals surface area contributed by atoms with Crippen molar-refractivity contribution >= 4 is 11.9 Å². The summed E-state index contributed by atoms with van der Waals surface area (Å²) in [4.78, 5) is 24.4. The molecule has 6 heteroatoms. The zero-order chi connectivity index (χ0) is 14.7. The number of benzene rings is 1. The number of carbonyl (C=O) groups excluding carboxylic acids is 1. The standard InChI is InChI=1S/C14H17NO5/c1-19-11-5-3-4-9(13(11)20-2)8-15-10(14(17)18)6-7-12(15)16/h3-5,10H,6-8H2,1-2H3,(H,17,18)/t10-/m1/s1. The van der Waals surface area contributed by atoms with Gasteiger partial charge >= 0.3 is 5.97 Å². The van der Waals surface area contributed by atoms with E-state index in [-0.39, 0.29) is 18.9 Å². The zero-order valence-corrected chi connectivity index (χ0v) is 11.5. The smallest absolute Gasteiger partial charge is 0.326 e. The molecular formula is C14H17NO5. The van der Waals surface area contributed by atoms with Crippen molar-refractivity contribution < 1.29 is 24.2 Å². The van der Waals surface area contributed by atoms with Gasteiger partial charge in [-0.15, -0.1) is 0 Å². The number of methoxy groups -OCH3 is 2. The van der Waals surface area contributed by atoms with Crippen molar-refractivity contribution in [2.45, 2.75) is 25.4 Å². The van der Waals surface area contributed by atoms with E-state index in [0.29, 0.717) is 17.9 Å². The predicted octanol–water partition coefficient (Wildman–Crippen LogP) is 1.28. The van der Waals surface area contributed by atoms with E-state index < -0.39 is 12.0 Å². The summed E-state index contributed by atoms with van der Waals surface area (Å²) in [6.07, 6.45) is 0.615. The van der Waals surface area contributed by atoms with E-state index >= 15 is 0 Å². The first-order valence-corrected chi connectivity index (χ1v) is 6.30. The summed E-state index contributed by atoms with van der Waals surface area (Å²) in [6, 6.07) is 4.57. The van der Waals surface area contributed by atoms with Crippen LogP contribution in [-0.4, -0.2) is 42.1 Å². The number of aliphatic carboxylic acids is 1. The molecule has 1 aromatic carbocycles. The Balaban J connectivity index is 2.29. The molecular weight excluding hydrogens is 262 g/mol. The molecule has 0 aromatic heterocycles. The fourth-order valence-electron chi connectivity index (χ4n) is 2.45. The maximum absolute atomic E-state index is 11.8. The van der Waals surface area contributed by atoms with Crippen LogP contribution in [0.2, 0.25) is 0 Å². The number of carboxylic acids is 1. The Kier molecular flexibility index (Phi) is 4.12. The van der Waals surface area contributed by atoms with Crippen LogP contribution in [0.5, 0.6) is 11.5 Å². The van der Waals surface area contributed by atoms with Crippen LogP contribution >= 0.6 is 0 Å². The van der Waals surface area contributed by atoms with Gasteiger partial charge < -0.3 is 19.5 Å². The van der Waals surface area contributed by atoms with Gasteiger partial charge in [-0.25, -0.2) is 4.79 Å². The average molecular weight is 279 g/mol. The lowest BCUT2D eigenvalue weighted by Gasteiger charge is -2.23. The molecule has 108 valence electrons. The van der Waals surface area contributed by atoms with Crippen LogP contribution in [0.1, 0.15) is 18.4 Å². The summed E-state index contributed by atoms with van der Waals surface area (Å²) in [7, 11) is 3.05. The Hall–Kier alpha value is -2.24. The SMILES string of the molecule is COc1cccc(CN2C(=O)CC[C@@H]2C(=O)O)c1OC. The van der Waals surface area contributed by atoms with E-state index in [1.807, 2.05) is 0 Å². The van der Waals surface area contributed by atoms with Gasteiger partial charge in [0.1, 0.15) is 6.04 Å². The third kappa shape index (κ3) is 2.54.